The summed E-state index contributed by atoms with van der Waals surface area (Å²) in [5.41, 5.74) is 0.412. The van der Waals surface area contributed by atoms with Gasteiger partial charge in [-0.05, 0) is 30.3 Å². The second-order valence-corrected chi connectivity index (χ2v) is 6.51. The van der Waals surface area contributed by atoms with Crippen LogP contribution in [0.15, 0.2) is 41.8 Å². The zero-order valence-electron chi connectivity index (χ0n) is 11.4. The average molecular weight is 305 g/mol. The standard InChI is InChI=1S/C14H15N3O3S/c1-2-14(18)16-7-9-17(10-8-16)21(19,20)13-5-3-12(11-15)4-6-13/h2-6H,1,7-10H2. The summed E-state index contributed by atoms with van der Waals surface area (Å²) in [6.45, 7) is 4.62. The minimum Gasteiger partial charge on any atom is -0.337 e. The van der Waals surface area contributed by atoms with E-state index >= 15 is 0 Å². The zero-order chi connectivity index (χ0) is 15.5. The highest BCUT2D eigenvalue weighted by Crippen LogP contribution is 2.18. The zero-order valence-corrected chi connectivity index (χ0v) is 12.2. The number of carbonyl (C=O) groups excluding carboxylic acids is 1. The number of hydrogen-bond acceptors (Lipinski definition) is 4. The summed E-state index contributed by atoms with van der Waals surface area (Å²) >= 11 is 0. The SMILES string of the molecule is C=CC(=O)N1CCN(S(=O)(=O)c2ccc(C#N)cc2)CC1. The first-order valence-corrected chi connectivity index (χ1v) is 7.84. The Balaban J connectivity index is 2.12. The molecule has 1 aromatic rings. The van der Waals surface area contributed by atoms with Crippen LogP contribution < -0.4 is 0 Å². The molecule has 21 heavy (non-hydrogen) atoms. The molecule has 2 rings (SSSR count). The normalized spacial score (nSPS) is 16.2. The predicted octanol–water partition coefficient (Wildman–Crippen LogP) is 0.577. The van der Waals surface area contributed by atoms with Crippen molar-refractivity contribution in [3.63, 3.8) is 0 Å². The van der Waals surface area contributed by atoms with Crippen LogP contribution in [0.4, 0.5) is 0 Å². The van der Waals surface area contributed by atoms with Crippen molar-refractivity contribution in [1.82, 2.24) is 9.21 Å². The van der Waals surface area contributed by atoms with Crippen molar-refractivity contribution < 1.29 is 13.2 Å². The van der Waals surface area contributed by atoms with Crippen LogP contribution >= 0.6 is 0 Å². The molecule has 0 bridgehead atoms. The Bertz CT molecular complexity index is 681. The van der Waals surface area contributed by atoms with E-state index in [1.165, 1.54) is 34.6 Å². The first kappa shape index (κ1) is 15.2. The van der Waals surface area contributed by atoms with Crippen molar-refractivity contribution in [3.05, 3.63) is 42.5 Å². The fourth-order valence-corrected chi connectivity index (χ4v) is 3.55. The molecule has 0 saturated carbocycles. The summed E-state index contributed by atoms with van der Waals surface area (Å²) in [5, 5.41) is 8.73. The van der Waals surface area contributed by atoms with Gasteiger partial charge in [0, 0.05) is 26.2 Å². The highest BCUT2D eigenvalue weighted by atomic mass is 32.2. The number of benzene rings is 1. The van der Waals surface area contributed by atoms with E-state index < -0.39 is 10.0 Å². The van der Waals surface area contributed by atoms with Crippen LogP contribution in [0, 0.1) is 11.3 Å². The van der Waals surface area contributed by atoms with Gasteiger partial charge >= 0.3 is 0 Å². The van der Waals surface area contributed by atoms with Gasteiger partial charge in [0.25, 0.3) is 0 Å². The van der Waals surface area contributed by atoms with Crippen LogP contribution in [0.3, 0.4) is 0 Å². The Morgan fingerprint density at radius 2 is 1.76 bits per heavy atom. The molecule has 110 valence electrons. The van der Waals surface area contributed by atoms with Crippen LogP contribution in [0.25, 0.3) is 0 Å². The van der Waals surface area contributed by atoms with Crippen LogP contribution in [-0.4, -0.2) is 49.7 Å². The van der Waals surface area contributed by atoms with Crippen molar-refractivity contribution in [2.24, 2.45) is 0 Å². The molecule has 1 aliphatic rings. The quantitative estimate of drug-likeness (QED) is 0.765. The van der Waals surface area contributed by atoms with E-state index in [2.05, 4.69) is 6.58 Å². The first-order chi connectivity index (χ1) is 9.98. The van der Waals surface area contributed by atoms with Gasteiger partial charge in [0.2, 0.25) is 15.9 Å². The minimum atomic E-state index is -3.58. The maximum absolute atomic E-state index is 12.5. The van der Waals surface area contributed by atoms with Gasteiger partial charge in [-0.1, -0.05) is 6.58 Å². The number of nitrogens with zero attached hydrogens (tertiary/aromatic N) is 3. The average Bonchev–Trinajstić information content (AvgIpc) is 2.54. The molecule has 0 atom stereocenters. The van der Waals surface area contributed by atoms with Gasteiger partial charge in [-0.15, -0.1) is 0 Å². The smallest absolute Gasteiger partial charge is 0.246 e. The Morgan fingerprint density at radius 3 is 2.24 bits per heavy atom. The maximum Gasteiger partial charge on any atom is 0.246 e. The van der Waals surface area contributed by atoms with Gasteiger partial charge in [-0.2, -0.15) is 9.57 Å². The molecular weight excluding hydrogens is 290 g/mol. The molecular formula is C14H15N3O3S. The Morgan fingerprint density at radius 1 is 1.19 bits per heavy atom. The van der Waals surface area contributed by atoms with Gasteiger partial charge in [0.05, 0.1) is 16.5 Å². The third-order valence-electron chi connectivity index (χ3n) is 3.35. The van der Waals surface area contributed by atoms with E-state index in [4.69, 9.17) is 5.26 Å². The molecule has 7 heteroatoms. The van der Waals surface area contributed by atoms with Gasteiger partial charge < -0.3 is 4.90 Å². The highest BCUT2D eigenvalue weighted by Gasteiger charge is 2.29. The summed E-state index contributed by atoms with van der Waals surface area (Å²) in [6.07, 6.45) is 1.23. The Labute approximate surface area is 123 Å². The topological polar surface area (TPSA) is 81.5 Å². The Kier molecular flexibility index (Phi) is 4.40. The largest absolute Gasteiger partial charge is 0.337 e. The van der Waals surface area contributed by atoms with Crippen LogP contribution in [0.2, 0.25) is 0 Å². The molecule has 1 amide bonds. The van der Waals surface area contributed by atoms with E-state index in [1.807, 2.05) is 6.07 Å². The highest BCUT2D eigenvalue weighted by molar-refractivity contribution is 7.89. The van der Waals surface area contributed by atoms with Crippen molar-refractivity contribution in [2.45, 2.75) is 4.90 Å². The summed E-state index contributed by atoms with van der Waals surface area (Å²) in [7, 11) is -3.58. The second kappa shape index (κ2) is 6.08. The second-order valence-electron chi connectivity index (χ2n) is 4.57. The lowest BCUT2D eigenvalue weighted by Crippen LogP contribution is -2.50. The lowest BCUT2D eigenvalue weighted by molar-refractivity contribution is -0.127. The maximum atomic E-state index is 12.5. The summed E-state index contributed by atoms with van der Waals surface area (Å²) in [4.78, 5) is 13.2. The number of sulfonamides is 1. The van der Waals surface area contributed by atoms with E-state index in [0.29, 0.717) is 18.7 Å². The number of carbonyl (C=O) groups is 1. The summed E-state index contributed by atoms with van der Waals surface area (Å²) < 4.78 is 26.3. The third-order valence-corrected chi connectivity index (χ3v) is 5.26. The molecule has 1 heterocycles. The number of amides is 1. The van der Waals surface area contributed by atoms with Gasteiger partial charge in [0.15, 0.2) is 0 Å². The van der Waals surface area contributed by atoms with Crippen molar-refractivity contribution >= 4 is 15.9 Å². The molecule has 1 aliphatic heterocycles. The number of hydrogen-bond donors (Lipinski definition) is 0. The van der Waals surface area contributed by atoms with Crippen LogP contribution in [0.1, 0.15) is 5.56 Å². The van der Waals surface area contributed by atoms with Gasteiger partial charge in [-0.3, -0.25) is 4.79 Å². The van der Waals surface area contributed by atoms with Crippen molar-refractivity contribution in [3.8, 4) is 6.07 Å². The molecule has 0 spiro atoms. The predicted molar refractivity (Wildman–Crippen MR) is 76.7 cm³/mol. The third kappa shape index (κ3) is 3.12. The summed E-state index contributed by atoms with van der Waals surface area (Å²) in [6, 6.07) is 7.75. The van der Waals surface area contributed by atoms with Crippen molar-refractivity contribution in [1.29, 1.82) is 5.26 Å². The molecule has 0 radical (unpaired) electrons. The first-order valence-electron chi connectivity index (χ1n) is 6.40. The molecule has 0 N–H and O–H groups in total. The fourth-order valence-electron chi connectivity index (χ4n) is 2.13. The monoisotopic (exact) mass is 305 g/mol. The van der Waals surface area contributed by atoms with E-state index in [-0.39, 0.29) is 23.9 Å². The van der Waals surface area contributed by atoms with E-state index in [9.17, 15) is 13.2 Å². The lowest BCUT2D eigenvalue weighted by atomic mass is 10.2. The minimum absolute atomic E-state index is 0.157. The summed E-state index contributed by atoms with van der Waals surface area (Å²) in [5.74, 6) is -0.189. The molecule has 0 unspecified atom stereocenters. The Hall–Kier alpha value is -2.17. The fraction of sp³-hybridized carbons (Fsp3) is 0.286. The number of nitriles is 1. The molecule has 1 saturated heterocycles. The van der Waals surface area contributed by atoms with Crippen LogP contribution in [0.5, 0.6) is 0 Å². The van der Waals surface area contributed by atoms with E-state index in [0.717, 1.165) is 0 Å². The molecule has 0 aliphatic carbocycles. The molecule has 1 aromatic carbocycles. The van der Waals surface area contributed by atoms with Crippen LogP contribution in [-0.2, 0) is 14.8 Å². The molecule has 6 nitrogen and oxygen atoms in total. The number of piperazine rings is 1. The molecule has 0 aromatic heterocycles. The van der Waals surface area contributed by atoms with E-state index in [1.54, 1.807) is 4.90 Å². The lowest BCUT2D eigenvalue weighted by Gasteiger charge is -2.33. The number of rotatable bonds is 3. The molecule has 1 fully saturated rings. The van der Waals surface area contributed by atoms with Gasteiger partial charge in [0.1, 0.15) is 0 Å². The van der Waals surface area contributed by atoms with Crippen molar-refractivity contribution in [2.75, 3.05) is 26.2 Å². The van der Waals surface area contributed by atoms with Gasteiger partial charge in [-0.25, -0.2) is 8.42 Å².